The number of benzene rings is 1. The number of ether oxygens (including phenoxy) is 1. The Morgan fingerprint density at radius 3 is 2.88 bits per heavy atom. The molecule has 2 heterocycles. The van der Waals surface area contributed by atoms with E-state index in [1.54, 1.807) is 30.7 Å². The molecule has 0 atom stereocenters. The monoisotopic (exact) mass is 352 g/mol. The number of methoxy groups -OCH3 is 1. The molecule has 0 N–H and O–H groups in total. The van der Waals surface area contributed by atoms with Gasteiger partial charge in [0.25, 0.3) is 0 Å². The second-order valence-corrected chi connectivity index (χ2v) is 6.76. The van der Waals surface area contributed by atoms with Crippen molar-refractivity contribution in [2.75, 3.05) is 7.11 Å². The third-order valence-electron chi connectivity index (χ3n) is 3.88. The first-order chi connectivity index (χ1) is 12.2. The maximum atomic E-state index is 12.3. The van der Waals surface area contributed by atoms with Crippen LogP contribution in [0.25, 0.3) is 6.08 Å². The van der Waals surface area contributed by atoms with Gasteiger partial charge in [-0.3, -0.25) is 9.48 Å². The van der Waals surface area contributed by atoms with E-state index in [0.29, 0.717) is 6.54 Å². The minimum atomic E-state index is 0.0362. The van der Waals surface area contributed by atoms with Crippen LogP contribution in [0.1, 0.15) is 32.6 Å². The van der Waals surface area contributed by atoms with Crippen molar-refractivity contribution in [1.29, 1.82) is 0 Å². The number of hydrogen-bond acceptors (Lipinski definition) is 4. The van der Waals surface area contributed by atoms with Crippen LogP contribution in [0.2, 0.25) is 0 Å². The summed E-state index contributed by atoms with van der Waals surface area (Å²) in [4.78, 5) is 14.3. The van der Waals surface area contributed by atoms with Gasteiger partial charge < -0.3 is 4.74 Å². The van der Waals surface area contributed by atoms with E-state index in [1.165, 1.54) is 4.88 Å². The van der Waals surface area contributed by atoms with E-state index in [1.807, 2.05) is 53.4 Å². The van der Waals surface area contributed by atoms with Crippen LogP contribution in [0.3, 0.4) is 0 Å². The van der Waals surface area contributed by atoms with Crippen molar-refractivity contribution < 1.29 is 9.53 Å². The molecule has 3 aromatic rings. The molecule has 0 aliphatic carbocycles. The predicted octanol–water partition coefficient (Wildman–Crippen LogP) is 4.46. The lowest BCUT2D eigenvalue weighted by Crippen LogP contribution is -2.02. The maximum Gasteiger partial charge on any atom is 0.195 e. The summed E-state index contributed by atoms with van der Waals surface area (Å²) in [6.07, 6.45) is 8.09. The smallest absolute Gasteiger partial charge is 0.195 e. The Bertz CT molecular complexity index is 879. The molecule has 128 valence electrons. The standard InChI is InChI=1S/C20H20N2O2S/c1-3-17-7-10-20(25-17)18(23)8-5-15-6-9-19(24-2)16(13-15)14-22-12-4-11-21-22/h4-13H,3,14H2,1-2H3/b8-5+. The molecule has 0 bridgehead atoms. The molecule has 1 aromatic carbocycles. The van der Waals surface area contributed by atoms with Gasteiger partial charge in [0.15, 0.2) is 5.78 Å². The number of nitrogens with zero attached hydrogens (tertiary/aromatic N) is 2. The number of allylic oxidation sites excluding steroid dienone is 1. The van der Waals surface area contributed by atoms with Crippen LogP contribution in [0.4, 0.5) is 0 Å². The number of hydrogen-bond donors (Lipinski definition) is 0. The van der Waals surface area contributed by atoms with Crippen LogP contribution in [0.15, 0.2) is 54.9 Å². The number of aryl methyl sites for hydroxylation is 1. The number of ketones is 1. The molecule has 0 fully saturated rings. The average Bonchev–Trinajstić information content (AvgIpc) is 3.31. The average molecular weight is 352 g/mol. The summed E-state index contributed by atoms with van der Waals surface area (Å²) in [7, 11) is 1.66. The zero-order valence-corrected chi connectivity index (χ0v) is 15.1. The van der Waals surface area contributed by atoms with Crippen molar-refractivity contribution >= 4 is 23.2 Å². The minimum absolute atomic E-state index is 0.0362. The van der Waals surface area contributed by atoms with Crippen molar-refractivity contribution in [2.24, 2.45) is 0 Å². The summed E-state index contributed by atoms with van der Waals surface area (Å²) < 4.78 is 7.27. The third kappa shape index (κ3) is 4.25. The zero-order valence-electron chi connectivity index (χ0n) is 14.3. The van der Waals surface area contributed by atoms with Gasteiger partial charge in [-0.05, 0) is 48.4 Å². The van der Waals surface area contributed by atoms with Crippen molar-refractivity contribution in [3.05, 3.63) is 75.7 Å². The van der Waals surface area contributed by atoms with Gasteiger partial charge in [0.1, 0.15) is 5.75 Å². The summed E-state index contributed by atoms with van der Waals surface area (Å²) in [6, 6.07) is 11.7. The van der Waals surface area contributed by atoms with Gasteiger partial charge in [-0.1, -0.05) is 19.1 Å². The highest BCUT2D eigenvalue weighted by Gasteiger charge is 2.07. The van der Waals surface area contributed by atoms with Crippen LogP contribution in [-0.4, -0.2) is 22.7 Å². The van der Waals surface area contributed by atoms with Gasteiger partial charge in [0, 0.05) is 22.8 Å². The Morgan fingerprint density at radius 2 is 2.20 bits per heavy atom. The van der Waals surface area contributed by atoms with Gasteiger partial charge in [-0.2, -0.15) is 5.10 Å². The topological polar surface area (TPSA) is 44.1 Å². The van der Waals surface area contributed by atoms with Crippen molar-refractivity contribution in [3.63, 3.8) is 0 Å². The first-order valence-electron chi connectivity index (χ1n) is 8.15. The molecule has 25 heavy (non-hydrogen) atoms. The largest absolute Gasteiger partial charge is 0.496 e. The molecule has 0 saturated carbocycles. The lowest BCUT2D eigenvalue weighted by atomic mass is 10.1. The number of carbonyl (C=O) groups is 1. The summed E-state index contributed by atoms with van der Waals surface area (Å²) in [5.41, 5.74) is 1.98. The molecule has 0 spiro atoms. The van der Waals surface area contributed by atoms with E-state index in [4.69, 9.17) is 4.74 Å². The van der Waals surface area contributed by atoms with E-state index in [9.17, 15) is 4.79 Å². The van der Waals surface area contributed by atoms with Gasteiger partial charge in [-0.15, -0.1) is 11.3 Å². The molecule has 0 aliphatic rings. The quantitative estimate of drug-likeness (QED) is 0.466. The van der Waals surface area contributed by atoms with Crippen molar-refractivity contribution in [3.8, 4) is 5.75 Å². The van der Waals surface area contributed by atoms with Gasteiger partial charge in [0.2, 0.25) is 0 Å². The molecular formula is C20H20N2O2S. The van der Waals surface area contributed by atoms with E-state index < -0.39 is 0 Å². The minimum Gasteiger partial charge on any atom is -0.496 e. The first-order valence-corrected chi connectivity index (χ1v) is 8.96. The van der Waals surface area contributed by atoms with Crippen LogP contribution >= 0.6 is 11.3 Å². The SMILES string of the molecule is CCc1ccc(C(=O)/C=C/c2ccc(OC)c(Cn3cccn3)c2)s1. The second kappa shape index (κ2) is 7.94. The summed E-state index contributed by atoms with van der Waals surface area (Å²) in [6.45, 7) is 2.71. The van der Waals surface area contributed by atoms with Crippen LogP contribution in [0.5, 0.6) is 5.75 Å². The Labute approximate surface area is 151 Å². The highest BCUT2D eigenvalue weighted by atomic mass is 32.1. The Morgan fingerprint density at radius 1 is 1.32 bits per heavy atom. The Balaban J connectivity index is 1.78. The summed E-state index contributed by atoms with van der Waals surface area (Å²) in [5.74, 6) is 0.846. The van der Waals surface area contributed by atoms with Gasteiger partial charge in [-0.25, -0.2) is 0 Å². The molecule has 0 saturated heterocycles. The van der Waals surface area contributed by atoms with Gasteiger partial charge >= 0.3 is 0 Å². The fraction of sp³-hybridized carbons (Fsp3) is 0.200. The van der Waals surface area contributed by atoms with Gasteiger partial charge in [0.05, 0.1) is 18.5 Å². The third-order valence-corrected chi connectivity index (χ3v) is 5.12. The van der Waals surface area contributed by atoms with Crippen LogP contribution in [-0.2, 0) is 13.0 Å². The summed E-state index contributed by atoms with van der Waals surface area (Å²) in [5, 5.41) is 4.23. The lowest BCUT2D eigenvalue weighted by Gasteiger charge is -2.09. The summed E-state index contributed by atoms with van der Waals surface area (Å²) >= 11 is 1.56. The maximum absolute atomic E-state index is 12.3. The van der Waals surface area contributed by atoms with E-state index >= 15 is 0 Å². The van der Waals surface area contributed by atoms with Crippen LogP contribution < -0.4 is 4.74 Å². The van der Waals surface area contributed by atoms with E-state index in [-0.39, 0.29) is 5.78 Å². The highest BCUT2D eigenvalue weighted by Crippen LogP contribution is 2.22. The molecule has 5 heteroatoms. The molecule has 0 amide bonds. The van der Waals surface area contributed by atoms with Crippen LogP contribution in [0, 0.1) is 0 Å². The second-order valence-electron chi connectivity index (χ2n) is 5.59. The number of thiophene rings is 1. The first kappa shape index (κ1) is 17.2. The molecule has 2 aromatic heterocycles. The number of rotatable bonds is 7. The fourth-order valence-corrected chi connectivity index (χ4v) is 3.42. The molecule has 4 nitrogen and oxygen atoms in total. The normalized spacial score (nSPS) is 11.1. The number of carbonyl (C=O) groups excluding carboxylic acids is 1. The molecule has 0 unspecified atom stereocenters. The van der Waals surface area contributed by atoms with Crippen molar-refractivity contribution in [1.82, 2.24) is 9.78 Å². The van der Waals surface area contributed by atoms with E-state index in [0.717, 1.165) is 28.2 Å². The molecular weight excluding hydrogens is 332 g/mol. The molecule has 0 radical (unpaired) electrons. The van der Waals surface area contributed by atoms with Crippen molar-refractivity contribution in [2.45, 2.75) is 19.9 Å². The molecule has 3 rings (SSSR count). The predicted molar refractivity (Wildman–Crippen MR) is 101 cm³/mol. The molecule has 0 aliphatic heterocycles. The zero-order chi connectivity index (χ0) is 17.6. The number of aromatic nitrogens is 2. The Kier molecular flexibility index (Phi) is 5.46. The Hall–Kier alpha value is -2.66. The fourth-order valence-electron chi connectivity index (χ4n) is 2.55. The van der Waals surface area contributed by atoms with E-state index in [2.05, 4.69) is 12.0 Å². The highest BCUT2D eigenvalue weighted by molar-refractivity contribution is 7.14. The lowest BCUT2D eigenvalue weighted by molar-refractivity contribution is 0.105.